The molecule has 3 rings (SSSR count). The van der Waals surface area contributed by atoms with Crippen molar-refractivity contribution in [3.8, 4) is 17.0 Å². The van der Waals surface area contributed by atoms with E-state index in [-0.39, 0.29) is 5.92 Å². The molecule has 0 aliphatic rings. The lowest BCUT2D eigenvalue weighted by molar-refractivity contribution is 0.100. The van der Waals surface area contributed by atoms with Gasteiger partial charge in [0, 0.05) is 30.6 Å². The lowest BCUT2D eigenvalue weighted by atomic mass is 9.94. The summed E-state index contributed by atoms with van der Waals surface area (Å²) in [6.45, 7) is 0.446. The number of nitrogens with two attached hydrogens (primary N) is 2. The summed E-state index contributed by atoms with van der Waals surface area (Å²) in [6, 6.07) is 12.1. The molecule has 1 amide bonds. The first-order chi connectivity index (χ1) is 12.6. The molecular weight excluding hydrogens is 348 g/mol. The molecule has 4 N–H and O–H groups in total. The second-order valence-corrected chi connectivity index (χ2v) is 7.08. The quantitative estimate of drug-likeness (QED) is 0.668. The minimum atomic E-state index is -0.503. The van der Waals surface area contributed by atoms with Crippen molar-refractivity contribution in [2.45, 2.75) is 12.3 Å². The number of hydrogen-bond donors (Lipinski definition) is 2. The van der Waals surface area contributed by atoms with E-state index in [4.69, 9.17) is 16.2 Å². The van der Waals surface area contributed by atoms with E-state index >= 15 is 0 Å². The van der Waals surface area contributed by atoms with Crippen LogP contribution in [0.1, 0.15) is 26.0 Å². The summed E-state index contributed by atoms with van der Waals surface area (Å²) in [5.74, 6) is 0.0268. The van der Waals surface area contributed by atoms with E-state index in [9.17, 15) is 4.79 Å². The van der Waals surface area contributed by atoms with Crippen LogP contribution in [0.4, 0.5) is 0 Å². The summed E-state index contributed by atoms with van der Waals surface area (Å²) in [6.07, 6.45) is 2.48. The molecule has 1 aromatic carbocycles. The maximum atomic E-state index is 12.0. The summed E-state index contributed by atoms with van der Waals surface area (Å²) < 4.78 is 7.33. The van der Waals surface area contributed by atoms with Gasteiger partial charge in [0.1, 0.15) is 4.88 Å². The van der Waals surface area contributed by atoms with Crippen molar-refractivity contribution in [1.82, 2.24) is 9.78 Å². The third-order valence-electron chi connectivity index (χ3n) is 4.38. The van der Waals surface area contributed by atoms with Gasteiger partial charge >= 0.3 is 0 Å². The van der Waals surface area contributed by atoms with E-state index in [0.29, 0.717) is 17.2 Å². The largest absolute Gasteiger partial charge is 0.494 e. The van der Waals surface area contributed by atoms with Crippen LogP contribution >= 0.6 is 11.3 Å². The number of rotatable bonds is 7. The van der Waals surface area contributed by atoms with Crippen molar-refractivity contribution in [3.63, 3.8) is 0 Å². The molecule has 2 aromatic heterocycles. The van der Waals surface area contributed by atoms with Gasteiger partial charge in [-0.2, -0.15) is 5.10 Å². The number of ether oxygens (including phenoxy) is 1. The highest BCUT2D eigenvalue weighted by atomic mass is 32.1. The van der Waals surface area contributed by atoms with Crippen LogP contribution in [0.25, 0.3) is 11.3 Å². The molecule has 0 radical (unpaired) electrons. The fourth-order valence-electron chi connectivity index (χ4n) is 3.12. The molecule has 6 nitrogen and oxygen atoms in total. The van der Waals surface area contributed by atoms with Gasteiger partial charge in [-0.1, -0.05) is 30.3 Å². The second-order valence-electron chi connectivity index (χ2n) is 6.03. The summed E-state index contributed by atoms with van der Waals surface area (Å²) >= 11 is 1.36. The highest BCUT2D eigenvalue weighted by Gasteiger charge is 2.29. The summed E-state index contributed by atoms with van der Waals surface area (Å²) in [7, 11) is 3.40. The fraction of sp³-hybridized carbons (Fsp3) is 0.263. The Hall–Kier alpha value is -2.64. The van der Waals surface area contributed by atoms with Crippen LogP contribution in [-0.4, -0.2) is 29.3 Å². The molecule has 1 atom stereocenters. The molecule has 136 valence electrons. The third-order valence-corrected chi connectivity index (χ3v) is 5.72. The molecule has 0 aliphatic carbocycles. The normalized spacial score (nSPS) is 12.1. The Morgan fingerprint density at radius 3 is 2.58 bits per heavy atom. The number of carbonyl (C=O) groups is 1. The molecular formula is C19H22N4O2S. The van der Waals surface area contributed by atoms with Crippen LogP contribution in [-0.2, 0) is 13.5 Å². The summed E-state index contributed by atoms with van der Waals surface area (Å²) in [4.78, 5) is 13.4. The highest BCUT2D eigenvalue weighted by Crippen LogP contribution is 2.46. The average molecular weight is 370 g/mol. The molecule has 0 fully saturated rings. The number of hydrogen-bond acceptors (Lipinski definition) is 5. The van der Waals surface area contributed by atoms with Crippen LogP contribution in [0.2, 0.25) is 0 Å². The van der Waals surface area contributed by atoms with Gasteiger partial charge in [0.15, 0.2) is 5.75 Å². The smallest absolute Gasteiger partial charge is 0.262 e. The van der Waals surface area contributed by atoms with E-state index in [1.54, 1.807) is 18.0 Å². The minimum absolute atomic E-state index is 0.0364. The Kier molecular flexibility index (Phi) is 5.39. The van der Waals surface area contributed by atoms with Crippen molar-refractivity contribution in [1.29, 1.82) is 0 Å². The Morgan fingerprint density at radius 1 is 1.31 bits per heavy atom. The van der Waals surface area contributed by atoms with Gasteiger partial charge in [-0.25, -0.2) is 0 Å². The molecule has 3 aromatic rings. The monoisotopic (exact) mass is 370 g/mol. The van der Waals surface area contributed by atoms with E-state index in [2.05, 4.69) is 17.2 Å². The zero-order valence-corrected chi connectivity index (χ0v) is 15.6. The SMILES string of the molecule is COc1c(C(N)=O)sc(C(CN)Cc2ccccc2)c1-c1ccnn1C. The van der Waals surface area contributed by atoms with E-state index in [1.807, 2.05) is 31.3 Å². The number of carbonyl (C=O) groups excluding carboxylic acids is 1. The Labute approximate surface area is 156 Å². The van der Waals surface area contributed by atoms with Gasteiger partial charge in [-0.05, 0) is 18.1 Å². The van der Waals surface area contributed by atoms with Crippen molar-refractivity contribution in [2.75, 3.05) is 13.7 Å². The predicted octanol–water partition coefficient (Wildman–Crippen LogP) is 2.54. The topological polar surface area (TPSA) is 96.2 Å². The first-order valence-electron chi connectivity index (χ1n) is 8.29. The molecule has 0 bridgehead atoms. The summed E-state index contributed by atoms with van der Waals surface area (Å²) in [5, 5.41) is 4.25. The van der Waals surface area contributed by atoms with E-state index < -0.39 is 5.91 Å². The summed E-state index contributed by atoms with van der Waals surface area (Å²) in [5.41, 5.74) is 14.6. The van der Waals surface area contributed by atoms with Crippen molar-refractivity contribution < 1.29 is 9.53 Å². The lowest BCUT2D eigenvalue weighted by Gasteiger charge is -2.16. The maximum Gasteiger partial charge on any atom is 0.262 e. The van der Waals surface area contributed by atoms with E-state index in [1.165, 1.54) is 16.9 Å². The van der Waals surface area contributed by atoms with Gasteiger partial charge in [0.05, 0.1) is 18.4 Å². The second kappa shape index (κ2) is 7.72. The number of amides is 1. The molecule has 0 saturated heterocycles. The molecule has 7 heteroatoms. The van der Waals surface area contributed by atoms with E-state index in [0.717, 1.165) is 22.6 Å². The van der Waals surface area contributed by atoms with Gasteiger partial charge in [-0.15, -0.1) is 11.3 Å². The van der Waals surface area contributed by atoms with Gasteiger partial charge < -0.3 is 16.2 Å². The standard InChI is InChI=1S/C19H22N4O2S/c1-23-14(8-9-22-23)15-16(25-2)18(19(21)24)26-17(15)13(11-20)10-12-6-4-3-5-7-12/h3-9,13H,10-11,20H2,1-2H3,(H2,21,24). The number of thiophene rings is 1. The lowest BCUT2D eigenvalue weighted by Crippen LogP contribution is -2.15. The highest BCUT2D eigenvalue weighted by molar-refractivity contribution is 7.15. The first-order valence-corrected chi connectivity index (χ1v) is 9.11. The van der Waals surface area contributed by atoms with Gasteiger partial charge in [-0.3, -0.25) is 9.48 Å². The molecule has 0 saturated carbocycles. The fourth-order valence-corrected chi connectivity index (χ4v) is 4.36. The molecule has 1 unspecified atom stereocenters. The molecule has 0 spiro atoms. The first kappa shape index (κ1) is 18.2. The minimum Gasteiger partial charge on any atom is -0.494 e. The van der Waals surface area contributed by atoms with Gasteiger partial charge in [0.25, 0.3) is 5.91 Å². The number of benzene rings is 1. The Morgan fingerprint density at radius 2 is 2.04 bits per heavy atom. The van der Waals surface area contributed by atoms with Crippen LogP contribution in [0.3, 0.4) is 0 Å². The third kappa shape index (κ3) is 3.36. The number of aromatic nitrogens is 2. The molecule has 0 aliphatic heterocycles. The number of aryl methyl sites for hydroxylation is 1. The number of primary amides is 1. The van der Waals surface area contributed by atoms with Crippen LogP contribution in [0, 0.1) is 0 Å². The van der Waals surface area contributed by atoms with Crippen molar-refractivity contribution in [2.24, 2.45) is 18.5 Å². The zero-order valence-electron chi connectivity index (χ0n) is 14.8. The van der Waals surface area contributed by atoms with Crippen molar-refractivity contribution >= 4 is 17.2 Å². The van der Waals surface area contributed by atoms with Crippen LogP contribution in [0.15, 0.2) is 42.6 Å². The van der Waals surface area contributed by atoms with Crippen LogP contribution in [0.5, 0.6) is 5.75 Å². The molecule has 2 heterocycles. The average Bonchev–Trinajstić information content (AvgIpc) is 3.23. The van der Waals surface area contributed by atoms with Gasteiger partial charge in [0.2, 0.25) is 0 Å². The molecule has 26 heavy (non-hydrogen) atoms. The number of methoxy groups -OCH3 is 1. The zero-order chi connectivity index (χ0) is 18.7. The Balaban J connectivity index is 2.15. The Bertz CT molecular complexity index is 902. The van der Waals surface area contributed by atoms with Crippen LogP contribution < -0.4 is 16.2 Å². The predicted molar refractivity (Wildman–Crippen MR) is 104 cm³/mol. The number of nitrogens with zero attached hydrogens (tertiary/aromatic N) is 2. The maximum absolute atomic E-state index is 12.0. The van der Waals surface area contributed by atoms with Crippen molar-refractivity contribution in [3.05, 3.63) is 57.9 Å².